The van der Waals surface area contributed by atoms with Crippen molar-refractivity contribution in [3.8, 4) is 0 Å². The average molecular weight is 139 g/mol. The third kappa shape index (κ3) is 3.67. The highest BCUT2D eigenvalue weighted by Gasteiger charge is 2.20. The highest BCUT2D eigenvalue weighted by Crippen LogP contribution is 2.17. The van der Waals surface area contributed by atoms with Gasteiger partial charge in [0.2, 0.25) is 0 Å². The zero-order valence-electron chi connectivity index (χ0n) is 6.44. The molecule has 0 aromatic rings. The molecule has 57 valence electrons. The number of unbranched alkanes of at least 4 members (excludes halogenated alkanes) is 3. The number of hydrogen-bond donors (Lipinski definition) is 0. The first-order valence-corrected chi connectivity index (χ1v) is 4.05. The van der Waals surface area contributed by atoms with E-state index in [4.69, 9.17) is 4.74 Å². The Hall–Kier alpha value is -0.300. The van der Waals surface area contributed by atoms with Crippen molar-refractivity contribution in [1.82, 2.24) is 0 Å². The van der Waals surface area contributed by atoms with Crippen LogP contribution in [0.3, 0.4) is 0 Å². The zero-order valence-corrected chi connectivity index (χ0v) is 6.44. The Morgan fingerprint density at radius 3 is 2.80 bits per heavy atom. The van der Waals surface area contributed by atoms with Crippen LogP contribution >= 0.6 is 0 Å². The molecule has 0 aromatic carbocycles. The third-order valence-electron chi connectivity index (χ3n) is 1.78. The van der Waals surface area contributed by atoms with E-state index in [1.807, 2.05) is 0 Å². The Kier molecular flexibility index (Phi) is 3.52. The van der Waals surface area contributed by atoms with Crippen molar-refractivity contribution in [2.45, 2.75) is 38.2 Å². The molecule has 1 heterocycles. The minimum Gasteiger partial charge on any atom is -0.373 e. The number of rotatable bonds is 6. The minimum atomic E-state index is 0.618. The summed E-state index contributed by atoms with van der Waals surface area (Å²) in [7, 11) is 0. The summed E-state index contributed by atoms with van der Waals surface area (Å²) in [5.74, 6) is 0. The Bertz CT molecular complexity index is 94.9. The van der Waals surface area contributed by atoms with E-state index in [1.54, 1.807) is 0 Å². The largest absolute Gasteiger partial charge is 0.373 e. The fraction of sp³-hybridized carbons (Fsp3) is 0.778. The van der Waals surface area contributed by atoms with Gasteiger partial charge in [0.1, 0.15) is 0 Å². The molecule has 1 aliphatic rings. The maximum Gasteiger partial charge on any atom is 0.0810 e. The molecule has 1 unspecified atom stereocenters. The van der Waals surface area contributed by atoms with Gasteiger partial charge in [-0.2, -0.15) is 0 Å². The molecule has 1 rings (SSSR count). The lowest BCUT2D eigenvalue weighted by Crippen LogP contribution is -1.84. The van der Waals surface area contributed by atoms with Gasteiger partial charge in [0.25, 0.3) is 0 Å². The predicted molar refractivity (Wildman–Crippen MR) is 41.7 cm³/mol. The van der Waals surface area contributed by atoms with Gasteiger partial charge in [-0.1, -0.05) is 25.5 Å². The van der Waals surface area contributed by atoms with E-state index in [9.17, 15) is 0 Å². The number of epoxide rings is 1. The molecule has 1 fully saturated rings. The van der Waals surface area contributed by atoms with Crippen LogP contribution in [0.15, 0.2) is 6.58 Å². The summed E-state index contributed by atoms with van der Waals surface area (Å²) < 4.78 is 5.09. The standard InChI is InChI=1S/C9H15O/c1-2-3-4-5-6-7-9-8-10-9/h9H,1,3-8H2. The monoisotopic (exact) mass is 139 g/mol. The molecule has 0 amide bonds. The number of ether oxygens (including phenoxy) is 1. The van der Waals surface area contributed by atoms with E-state index in [1.165, 1.54) is 25.7 Å². The van der Waals surface area contributed by atoms with E-state index in [0.717, 1.165) is 13.0 Å². The van der Waals surface area contributed by atoms with Crippen LogP contribution in [0.1, 0.15) is 32.1 Å². The second kappa shape index (κ2) is 4.51. The van der Waals surface area contributed by atoms with Crippen LogP contribution in [0.5, 0.6) is 0 Å². The van der Waals surface area contributed by atoms with Gasteiger partial charge in [-0.15, -0.1) is 0 Å². The topological polar surface area (TPSA) is 12.5 Å². The Morgan fingerprint density at radius 2 is 2.20 bits per heavy atom. The molecular weight excluding hydrogens is 124 g/mol. The molecular formula is C9H15O. The van der Waals surface area contributed by atoms with Gasteiger partial charge in [-0.05, 0) is 19.3 Å². The van der Waals surface area contributed by atoms with Crippen molar-refractivity contribution in [1.29, 1.82) is 0 Å². The van der Waals surface area contributed by atoms with Crippen molar-refractivity contribution < 1.29 is 4.74 Å². The van der Waals surface area contributed by atoms with Gasteiger partial charge in [-0.3, -0.25) is 0 Å². The highest BCUT2D eigenvalue weighted by molar-refractivity contribution is 4.68. The van der Waals surface area contributed by atoms with Crippen LogP contribution in [0, 0.1) is 6.08 Å². The lowest BCUT2D eigenvalue weighted by molar-refractivity contribution is 0.388. The first kappa shape index (κ1) is 7.80. The van der Waals surface area contributed by atoms with E-state index in [-0.39, 0.29) is 0 Å². The van der Waals surface area contributed by atoms with Gasteiger partial charge < -0.3 is 4.74 Å². The van der Waals surface area contributed by atoms with Crippen molar-refractivity contribution in [2.24, 2.45) is 0 Å². The summed E-state index contributed by atoms with van der Waals surface area (Å²) in [5, 5.41) is 0. The van der Waals surface area contributed by atoms with E-state index < -0.39 is 0 Å². The Labute approximate surface area is 63.1 Å². The number of hydrogen-bond acceptors (Lipinski definition) is 1. The normalized spacial score (nSPS) is 22.6. The molecule has 0 spiro atoms. The van der Waals surface area contributed by atoms with Crippen LogP contribution in [-0.4, -0.2) is 12.7 Å². The highest BCUT2D eigenvalue weighted by atomic mass is 16.6. The summed E-state index contributed by atoms with van der Waals surface area (Å²) in [6.07, 6.45) is 9.68. The molecule has 1 radical (unpaired) electrons. The summed E-state index contributed by atoms with van der Waals surface area (Å²) in [5.41, 5.74) is 0. The molecule has 0 bridgehead atoms. The lowest BCUT2D eigenvalue weighted by Gasteiger charge is -1.94. The fourth-order valence-electron chi connectivity index (χ4n) is 1.03. The molecule has 1 saturated heterocycles. The molecule has 1 nitrogen and oxygen atoms in total. The molecule has 1 atom stereocenters. The quantitative estimate of drug-likeness (QED) is 0.406. The first-order valence-electron chi connectivity index (χ1n) is 4.05. The second-order valence-electron chi connectivity index (χ2n) is 2.80. The van der Waals surface area contributed by atoms with Gasteiger partial charge >= 0.3 is 0 Å². The van der Waals surface area contributed by atoms with E-state index in [0.29, 0.717) is 6.10 Å². The predicted octanol–water partition coefficient (Wildman–Crippen LogP) is 2.32. The fourth-order valence-corrected chi connectivity index (χ4v) is 1.03. The maximum atomic E-state index is 5.09. The maximum absolute atomic E-state index is 5.09. The van der Waals surface area contributed by atoms with Crippen LogP contribution < -0.4 is 0 Å². The summed E-state index contributed by atoms with van der Waals surface area (Å²) in [6, 6.07) is 0. The smallest absolute Gasteiger partial charge is 0.0810 e. The third-order valence-corrected chi connectivity index (χ3v) is 1.78. The van der Waals surface area contributed by atoms with Gasteiger partial charge in [0, 0.05) is 0 Å². The van der Waals surface area contributed by atoms with Crippen molar-refractivity contribution in [2.75, 3.05) is 6.61 Å². The molecule has 1 aliphatic heterocycles. The summed E-state index contributed by atoms with van der Waals surface area (Å²) >= 11 is 0. The van der Waals surface area contributed by atoms with Gasteiger partial charge in [-0.25, -0.2) is 0 Å². The van der Waals surface area contributed by atoms with E-state index in [2.05, 4.69) is 12.7 Å². The molecule has 0 aliphatic carbocycles. The SMILES string of the molecule is C=[C]CCCCCC1CO1. The molecule has 0 saturated carbocycles. The Balaban J connectivity index is 1.72. The van der Waals surface area contributed by atoms with Crippen LogP contribution in [0.2, 0.25) is 0 Å². The van der Waals surface area contributed by atoms with Crippen molar-refractivity contribution >= 4 is 0 Å². The lowest BCUT2D eigenvalue weighted by atomic mass is 10.1. The van der Waals surface area contributed by atoms with Crippen LogP contribution in [0.25, 0.3) is 0 Å². The average Bonchev–Trinajstić information content (AvgIpc) is 2.71. The molecule has 10 heavy (non-hydrogen) atoms. The second-order valence-corrected chi connectivity index (χ2v) is 2.80. The molecule has 0 aromatic heterocycles. The van der Waals surface area contributed by atoms with Crippen molar-refractivity contribution in [3.63, 3.8) is 0 Å². The number of allylic oxidation sites excluding steroid dienone is 1. The molecule has 1 heteroatoms. The summed E-state index contributed by atoms with van der Waals surface area (Å²) in [4.78, 5) is 0. The minimum absolute atomic E-state index is 0.618. The van der Waals surface area contributed by atoms with Crippen molar-refractivity contribution in [3.05, 3.63) is 12.7 Å². The van der Waals surface area contributed by atoms with Crippen LogP contribution in [-0.2, 0) is 4.74 Å². The first-order chi connectivity index (χ1) is 4.93. The summed E-state index contributed by atoms with van der Waals surface area (Å²) in [6.45, 7) is 4.56. The van der Waals surface area contributed by atoms with Crippen LogP contribution in [0.4, 0.5) is 0 Å². The van der Waals surface area contributed by atoms with Gasteiger partial charge in [0.15, 0.2) is 0 Å². The zero-order chi connectivity index (χ0) is 7.23. The Morgan fingerprint density at radius 1 is 1.40 bits per heavy atom. The molecule has 0 N–H and O–H groups in total. The van der Waals surface area contributed by atoms with Gasteiger partial charge in [0.05, 0.1) is 12.7 Å². The van der Waals surface area contributed by atoms with E-state index >= 15 is 0 Å².